The highest BCUT2D eigenvalue weighted by atomic mass is 32.1. The summed E-state index contributed by atoms with van der Waals surface area (Å²) in [7, 11) is 0. The van der Waals surface area contributed by atoms with Crippen molar-refractivity contribution in [2.45, 2.75) is 12.8 Å². The van der Waals surface area contributed by atoms with Gasteiger partial charge in [0.2, 0.25) is 0 Å². The fourth-order valence-corrected chi connectivity index (χ4v) is 1.92. The normalized spacial score (nSPS) is 15.3. The van der Waals surface area contributed by atoms with Gasteiger partial charge in [-0.05, 0) is 35.7 Å². The SMILES string of the molecule is O=Nc1ccc2c(c1)C(=S)NCCC2. The summed E-state index contributed by atoms with van der Waals surface area (Å²) in [5.74, 6) is 0. The molecule has 14 heavy (non-hydrogen) atoms. The first-order chi connectivity index (χ1) is 6.81. The molecular weight excluding hydrogens is 196 g/mol. The van der Waals surface area contributed by atoms with Crippen LogP contribution in [-0.2, 0) is 6.42 Å². The van der Waals surface area contributed by atoms with Gasteiger partial charge in [0.1, 0.15) is 10.7 Å². The highest BCUT2D eigenvalue weighted by Crippen LogP contribution is 2.21. The average molecular weight is 206 g/mol. The summed E-state index contributed by atoms with van der Waals surface area (Å²) in [5.41, 5.74) is 2.59. The molecule has 72 valence electrons. The predicted molar refractivity (Wildman–Crippen MR) is 59.9 cm³/mol. The minimum atomic E-state index is 0.440. The van der Waals surface area contributed by atoms with E-state index in [1.165, 1.54) is 5.56 Å². The lowest BCUT2D eigenvalue weighted by molar-refractivity contribution is 0.795. The largest absolute Gasteiger partial charge is 0.376 e. The molecule has 0 atom stereocenters. The van der Waals surface area contributed by atoms with Crippen LogP contribution in [0.1, 0.15) is 17.5 Å². The van der Waals surface area contributed by atoms with Crippen LogP contribution in [0.25, 0.3) is 0 Å². The maximum absolute atomic E-state index is 10.4. The summed E-state index contributed by atoms with van der Waals surface area (Å²) >= 11 is 5.20. The van der Waals surface area contributed by atoms with Gasteiger partial charge in [0, 0.05) is 12.1 Å². The first-order valence-electron chi connectivity index (χ1n) is 4.56. The van der Waals surface area contributed by atoms with Crippen molar-refractivity contribution in [3.63, 3.8) is 0 Å². The molecule has 0 saturated carbocycles. The van der Waals surface area contributed by atoms with Crippen molar-refractivity contribution in [3.05, 3.63) is 34.2 Å². The van der Waals surface area contributed by atoms with Gasteiger partial charge in [-0.1, -0.05) is 18.3 Å². The Hall–Kier alpha value is -1.29. The third-order valence-corrected chi connectivity index (χ3v) is 2.72. The van der Waals surface area contributed by atoms with Gasteiger partial charge in [0.05, 0.1) is 0 Å². The zero-order valence-corrected chi connectivity index (χ0v) is 8.43. The van der Waals surface area contributed by atoms with Crippen LogP contribution in [0.15, 0.2) is 23.4 Å². The van der Waals surface area contributed by atoms with E-state index in [1.54, 1.807) is 12.1 Å². The van der Waals surface area contributed by atoms with Crippen LogP contribution >= 0.6 is 12.2 Å². The van der Waals surface area contributed by atoms with Crippen molar-refractivity contribution in [2.75, 3.05) is 6.54 Å². The van der Waals surface area contributed by atoms with Crippen LogP contribution in [-0.4, -0.2) is 11.5 Å². The number of nitroso groups, excluding NO2 is 1. The molecule has 1 aliphatic rings. The monoisotopic (exact) mass is 206 g/mol. The van der Waals surface area contributed by atoms with E-state index in [9.17, 15) is 4.91 Å². The molecule has 4 heteroatoms. The molecule has 0 unspecified atom stereocenters. The molecule has 1 heterocycles. The van der Waals surface area contributed by atoms with Gasteiger partial charge in [-0.2, -0.15) is 0 Å². The molecule has 0 spiro atoms. The zero-order valence-electron chi connectivity index (χ0n) is 7.62. The smallest absolute Gasteiger partial charge is 0.108 e. The summed E-state index contributed by atoms with van der Waals surface area (Å²) in [6.07, 6.45) is 2.07. The van der Waals surface area contributed by atoms with Gasteiger partial charge >= 0.3 is 0 Å². The summed E-state index contributed by atoms with van der Waals surface area (Å²) in [5, 5.41) is 6.05. The second-order valence-corrected chi connectivity index (χ2v) is 3.70. The molecule has 0 bridgehead atoms. The minimum Gasteiger partial charge on any atom is -0.376 e. The molecule has 0 saturated heterocycles. The number of hydrogen-bond donors (Lipinski definition) is 1. The Balaban J connectivity index is 2.49. The van der Waals surface area contributed by atoms with E-state index in [2.05, 4.69) is 10.5 Å². The van der Waals surface area contributed by atoms with Gasteiger partial charge in [0.25, 0.3) is 0 Å². The average Bonchev–Trinajstić information content (AvgIpc) is 2.40. The van der Waals surface area contributed by atoms with Crippen LogP contribution in [0.3, 0.4) is 0 Å². The number of nitrogens with one attached hydrogen (secondary N) is 1. The highest BCUT2D eigenvalue weighted by molar-refractivity contribution is 7.80. The third-order valence-electron chi connectivity index (χ3n) is 2.35. The van der Waals surface area contributed by atoms with Crippen LogP contribution in [0.4, 0.5) is 5.69 Å². The Morgan fingerprint density at radius 1 is 1.43 bits per heavy atom. The zero-order chi connectivity index (χ0) is 9.97. The van der Waals surface area contributed by atoms with Gasteiger partial charge < -0.3 is 5.32 Å². The Morgan fingerprint density at radius 2 is 2.29 bits per heavy atom. The number of aryl methyl sites for hydroxylation is 1. The Morgan fingerprint density at radius 3 is 3.07 bits per heavy atom. The van der Waals surface area contributed by atoms with Gasteiger partial charge in [-0.15, -0.1) is 4.91 Å². The molecule has 0 fully saturated rings. The van der Waals surface area contributed by atoms with Gasteiger partial charge in [0.15, 0.2) is 0 Å². The van der Waals surface area contributed by atoms with Crippen LogP contribution in [0.2, 0.25) is 0 Å². The number of fused-ring (bicyclic) bond motifs is 1. The fraction of sp³-hybridized carbons (Fsp3) is 0.300. The number of nitrogens with zero attached hydrogens (tertiary/aromatic N) is 1. The maximum atomic E-state index is 10.4. The maximum Gasteiger partial charge on any atom is 0.108 e. The molecule has 2 rings (SSSR count). The van der Waals surface area contributed by atoms with Crippen LogP contribution < -0.4 is 5.32 Å². The van der Waals surface area contributed by atoms with Crippen LogP contribution in [0, 0.1) is 4.91 Å². The predicted octanol–water partition coefficient (Wildman–Crippen LogP) is 2.30. The number of rotatable bonds is 1. The number of benzene rings is 1. The lowest BCUT2D eigenvalue weighted by Crippen LogP contribution is -2.21. The molecule has 0 amide bonds. The summed E-state index contributed by atoms with van der Waals surface area (Å²) in [4.78, 5) is 11.1. The van der Waals surface area contributed by atoms with E-state index in [4.69, 9.17) is 12.2 Å². The number of hydrogen-bond acceptors (Lipinski definition) is 3. The highest BCUT2D eigenvalue weighted by Gasteiger charge is 2.12. The second-order valence-electron chi connectivity index (χ2n) is 3.29. The Bertz CT molecular complexity index is 390. The molecule has 3 nitrogen and oxygen atoms in total. The third kappa shape index (κ3) is 1.65. The Labute approximate surface area is 87.5 Å². The first-order valence-corrected chi connectivity index (χ1v) is 4.96. The van der Waals surface area contributed by atoms with Crippen molar-refractivity contribution in [1.29, 1.82) is 0 Å². The molecule has 1 aliphatic heterocycles. The van der Waals surface area contributed by atoms with Crippen molar-refractivity contribution < 1.29 is 0 Å². The Kier molecular flexibility index (Phi) is 2.54. The minimum absolute atomic E-state index is 0.440. The van der Waals surface area contributed by atoms with Crippen LogP contribution in [0.5, 0.6) is 0 Å². The van der Waals surface area contributed by atoms with E-state index in [1.807, 2.05) is 6.07 Å². The molecule has 1 aromatic carbocycles. The van der Waals surface area contributed by atoms with E-state index >= 15 is 0 Å². The van der Waals surface area contributed by atoms with Crippen molar-refractivity contribution in [3.8, 4) is 0 Å². The molecule has 1 aromatic rings. The summed E-state index contributed by atoms with van der Waals surface area (Å²) in [6.45, 7) is 0.900. The molecular formula is C10H10N2OS. The lowest BCUT2D eigenvalue weighted by atomic mass is 10.0. The molecule has 0 radical (unpaired) electrons. The van der Waals surface area contributed by atoms with Crippen molar-refractivity contribution >= 4 is 22.9 Å². The summed E-state index contributed by atoms with van der Waals surface area (Å²) in [6, 6.07) is 5.42. The van der Waals surface area contributed by atoms with Gasteiger partial charge in [-0.25, -0.2) is 0 Å². The molecule has 0 aliphatic carbocycles. The van der Waals surface area contributed by atoms with Crippen molar-refractivity contribution in [1.82, 2.24) is 5.32 Å². The van der Waals surface area contributed by atoms with E-state index in [-0.39, 0.29) is 0 Å². The second kappa shape index (κ2) is 3.84. The van der Waals surface area contributed by atoms with Gasteiger partial charge in [-0.3, -0.25) is 0 Å². The van der Waals surface area contributed by atoms with E-state index < -0.39 is 0 Å². The quantitative estimate of drug-likeness (QED) is 0.566. The number of thiocarbonyl (C=S) groups is 1. The van der Waals surface area contributed by atoms with E-state index in [0.717, 1.165) is 29.9 Å². The summed E-state index contributed by atoms with van der Waals surface area (Å²) < 4.78 is 0. The lowest BCUT2D eigenvalue weighted by Gasteiger charge is -2.06. The topological polar surface area (TPSA) is 41.5 Å². The van der Waals surface area contributed by atoms with Crippen molar-refractivity contribution in [2.24, 2.45) is 5.18 Å². The standard InChI is InChI=1S/C10H10N2OS/c13-12-8-4-3-7-2-1-5-11-10(14)9(7)6-8/h3-4,6H,1-2,5H2,(H,11,14). The molecule has 0 aromatic heterocycles. The fourth-order valence-electron chi connectivity index (χ4n) is 1.63. The molecule has 1 N–H and O–H groups in total. The van der Waals surface area contributed by atoms with E-state index in [0.29, 0.717) is 5.69 Å². The first kappa shape index (κ1) is 9.27.